The summed E-state index contributed by atoms with van der Waals surface area (Å²) in [6.07, 6.45) is 18.7. The maximum absolute atomic E-state index is 10.0. The van der Waals surface area contributed by atoms with Crippen molar-refractivity contribution in [3.8, 4) is 0 Å². The van der Waals surface area contributed by atoms with Gasteiger partial charge >= 0.3 is 0 Å². The molecule has 0 aliphatic heterocycles. The Labute approximate surface area is 115 Å². The summed E-state index contributed by atoms with van der Waals surface area (Å²) < 4.78 is 0. The molecule has 0 amide bonds. The van der Waals surface area contributed by atoms with Gasteiger partial charge in [0.15, 0.2) is 6.29 Å². The molecular weight excluding hydrogens is 220 g/mol. The van der Waals surface area contributed by atoms with E-state index in [1.807, 2.05) is 6.29 Å². The fraction of sp³-hybridized carbons (Fsp3) is 0.941. The summed E-state index contributed by atoms with van der Waals surface area (Å²) in [5.41, 5.74) is 0. The van der Waals surface area contributed by atoms with Gasteiger partial charge in [-0.05, 0) is 12.3 Å². The Morgan fingerprint density at radius 1 is 0.778 bits per heavy atom. The lowest BCUT2D eigenvalue weighted by atomic mass is 9.96. The molecule has 1 nitrogen and oxygen atoms in total. The minimum atomic E-state index is 0.634. The van der Waals surface area contributed by atoms with Crippen molar-refractivity contribution in [2.45, 2.75) is 97.3 Å². The molecule has 1 radical (unpaired) electrons. The molecule has 0 aromatic carbocycles. The number of unbranched alkanes of at least 4 members (excludes halogenated alkanes) is 9. The number of rotatable bonds is 14. The summed E-state index contributed by atoms with van der Waals surface area (Å²) in [6.45, 7) is 4.68. The van der Waals surface area contributed by atoms with E-state index in [4.69, 9.17) is 0 Å². The van der Waals surface area contributed by atoms with Gasteiger partial charge in [-0.2, -0.15) is 0 Å². The Hall–Kier alpha value is -0.330. The lowest BCUT2D eigenvalue weighted by molar-refractivity contribution is 0.433. The molecule has 0 rings (SSSR count). The first-order chi connectivity index (χ1) is 8.81. The van der Waals surface area contributed by atoms with Crippen LogP contribution in [-0.2, 0) is 4.79 Å². The third-order valence-electron chi connectivity index (χ3n) is 3.78. The van der Waals surface area contributed by atoms with Crippen LogP contribution in [0.4, 0.5) is 0 Å². The second-order valence-electron chi connectivity index (χ2n) is 5.76. The highest BCUT2D eigenvalue weighted by Crippen LogP contribution is 2.17. The average Bonchev–Trinajstić information content (AvgIpc) is 2.38. The molecule has 1 unspecified atom stereocenters. The van der Waals surface area contributed by atoms with E-state index in [1.54, 1.807) is 0 Å². The quantitative estimate of drug-likeness (QED) is 0.356. The number of carbonyl (C=O) groups excluding carboxylic acids is 1. The fourth-order valence-electron chi connectivity index (χ4n) is 2.46. The van der Waals surface area contributed by atoms with Gasteiger partial charge in [0.2, 0.25) is 0 Å². The number of hydrogen-bond acceptors (Lipinski definition) is 1. The maximum Gasteiger partial charge on any atom is 0.198 e. The molecule has 1 heteroatoms. The monoisotopic (exact) mass is 253 g/mol. The molecule has 0 aromatic rings. The van der Waals surface area contributed by atoms with Crippen LogP contribution in [0.1, 0.15) is 97.3 Å². The maximum atomic E-state index is 10.0. The van der Waals surface area contributed by atoms with Crippen LogP contribution in [-0.4, -0.2) is 6.29 Å². The molecule has 0 bridgehead atoms. The van der Waals surface area contributed by atoms with E-state index in [0.717, 1.165) is 12.3 Å². The van der Waals surface area contributed by atoms with Crippen LogP contribution in [0.3, 0.4) is 0 Å². The van der Waals surface area contributed by atoms with E-state index in [9.17, 15) is 4.79 Å². The molecule has 0 aliphatic rings. The van der Waals surface area contributed by atoms with Crippen molar-refractivity contribution in [3.05, 3.63) is 0 Å². The highest BCUT2D eigenvalue weighted by Gasteiger charge is 2.01. The SMILES string of the molecule is CCCCCCC(C)CCCCCCCC[C]=O. The zero-order valence-electron chi connectivity index (χ0n) is 12.7. The topological polar surface area (TPSA) is 17.1 Å². The first kappa shape index (κ1) is 17.7. The Morgan fingerprint density at radius 3 is 1.83 bits per heavy atom. The second-order valence-corrected chi connectivity index (χ2v) is 5.76. The average molecular weight is 253 g/mol. The molecule has 0 saturated carbocycles. The summed E-state index contributed by atoms with van der Waals surface area (Å²) in [6, 6.07) is 0. The van der Waals surface area contributed by atoms with Crippen molar-refractivity contribution in [1.82, 2.24) is 0 Å². The van der Waals surface area contributed by atoms with Gasteiger partial charge in [0.1, 0.15) is 0 Å². The molecule has 0 fully saturated rings. The van der Waals surface area contributed by atoms with Gasteiger partial charge in [-0.3, -0.25) is 4.79 Å². The highest BCUT2D eigenvalue weighted by atomic mass is 16.1. The van der Waals surface area contributed by atoms with Crippen LogP contribution in [0.5, 0.6) is 0 Å². The van der Waals surface area contributed by atoms with E-state index < -0.39 is 0 Å². The van der Waals surface area contributed by atoms with Gasteiger partial charge in [-0.15, -0.1) is 0 Å². The van der Waals surface area contributed by atoms with Crippen molar-refractivity contribution in [3.63, 3.8) is 0 Å². The van der Waals surface area contributed by atoms with Crippen LogP contribution >= 0.6 is 0 Å². The van der Waals surface area contributed by atoms with Crippen LogP contribution in [0, 0.1) is 5.92 Å². The Balaban J connectivity index is 3.10. The first-order valence-corrected chi connectivity index (χ1v) is 8.16. The fourth-order valence-corrected chi connectivity index (χ4v) is 2.46. The smallest absolute Gasteiger partial charge is 0.198 e. The van der Waals surface area contributed by atoms with Crippen molar-refractivity contribution < 1.29 is 4.79 Å². The van der Waals surface area contributed by atoms with Gasteiger partial charge in [0.05, 0.1) is 0 Å². The highest BCUT2D eigenvalue weighted by molar-refractivity contribution is 5.50. The van der Waals surface area contributed by atoms with Gasteiger partial charge in [0, 0.05) is 6.42 Å². The number of hydrogen-bond donors (Lipinski definition) is 0. The minimum Gasteiger partial charge on any atom is -0.291 e. The van der Waals surface area contributed by atoms with Crippen molar-refractivity contribution in [2.75, 3.05) is 0 Å². The zero-order chi connectivity index (χ0) is 13.5. The first-order valence-electron chi connectivity index (χ1n) is 8.16. The van der Waals surface area contributed by atoms with Crippen molar-refractivity contribution in [2.24, 2.45) is 5.92 Å². The molecule has 0 aliphatic carbocycles. The Kier molecular flexibility index (Phi) is 14.5. The Bertz CT molecular complexity index is 165. The molecule has 107 valence electrons. The van der Waals surface area contributed by atoms with Gasteiger partial charge in [0.25, 0.3) is 0 Å². The summed E-state index contributed by atoms with van der Waals surface area (Å²) in [4.78, 5) is 10.0. The van der Waals surface area contributed by atoms with E-state index in [2.05, 4.69) is 13.8 Å². The summed E-state index contributed by atoms with van der Waals surface area (Å²) in [5, 5.41) is 0. The van der Waals surface area contributed by atoms with E-state index in [0.29, 0.717) is 6.42 Å². The molecular formula is C17H33O. The van der Waals surface area contributed by atoms with Gasteiger partial charge in [-0.25, -0.2) is 0 Å². The molecule has 1 atom stereocenters. The van der Waals surface area contributed by atoms with Gasteiger partial charge < -0.3 is 0 Å². The predicted octanol–water partition coefficient (Wildman–Crippen LogP) is 5.82. The Morgan fingerprint density at radius 2 is 1.28 bits per heavy atom. The summed E-state index contributed by atoms with van der Waals surface area (Å²) in [5.74, 6) is 0.923. The van der Waals surface area contributed by atoms with Crippen LogP contribution in [0.2, 0.25) is 0 Å². The summed E-state index contributed by atoms with van der Waals surface area (Å²) >= 11 is 0. The van der Waals surface area contributed by atoms with Crippen LogP contribution in [0.25, 0.3) is 0 Å². The molecule has 0 aromatic heterocycles. The lowest BCUT2D eigenvalue weighted by Gasteiger charge is -2.10. The molecule has 0 saturated heterocycles. The molecule has 0 N–H and O–H groups in total. The lowest BCUT2D eigenvalue weighted by Crippen LogP contribution is -1.95. The standard InChI is InChI=1S/C17H33O/c1-3-4-5-11-14-17(2)15-12-9-7-6-8-10-13-16-18/h17H,3-15H2,1-2H3. The van der Waals surface area contributed by atoms with Crippen LogP contribution < -0.4 is 0 Å². The van der Waals surface area contributed by atoms with Crippen LogP contribution in [0.15, 0.2) is 0 Å². The van der Waals surface area contributed by atoms with Gasteiger partial charge in [-0.1, -0.05) is 84.5 Å². The summed E-state index contributed by atoms with van der Waals surface area (Å²) in [7, 11) is 0. The van der Waals surface area contributed by atoms with E-state index in [1.165, 1.54) is 70.6 Å². The molecule has 0 spiro atoms. The van der Waals surface area contributed by atoms with E-state index >= 15 is 0 Å². The third-order valence-corrected chi connectivity index (χ3v) is 3.78. The molecule has 0 heterocycles. The van der Waals surface area contributed by atoms with Crippen molar-refractivity contribution in [1.29, 1.82) is 0 Å². The normalized spacial score (nSPS) is 12.6. The zero-order valence-corrected chi connectivity index (χ0v) is 12.7. The second kappa shape index (κ2) is 14.7. The van der Waals surface area contributed by atoms with E-state index in [-0.39, 0.29) is 0 Å². The minimum absolute atomic E-state index is 0.634. The third kappa shape index (κ3) is 13.7. The largest absolute Gasteiger partial charge is 0.291 e. The molecule has 18 heavy (non-hydrogen) atoms. The predicted molar refractivity (Wildman–Crippen MR) is 80.6 cm³/mol. The van der Waals surface area contributed by atoms with Crippen molar-refractivity contribution >= 4 is 6.29 Å².